The van der Waals surface area contributed by atoms with Gasteiger partial charge in [0.25, 0.3) is 0 Å². The quantitative estimate of drug-likeness (QED) is 0.844. The van der Waals surface area contributed by atoms with Crippen molar-refractivity contribution >= 4 is 26.0 Å². The number of pyridine rings is 1. The van der Waals surface area contributed by atoms with Gasteiger partial charge in [-0.15, -0.1) is 0 Å². The molecule has 0 radical (unpaired) electrons. The molecule has 0 atom stereocenters. The first-order valence-electron chi connectivity index (χ1n) is 6.50. The Morgan fingerprint density at radius 3 is 2.47 bits per heavy atom. The van der Waals surface area contributed by atoms with Crippen molar-refractivity contribution < 1.29 is 8.42 Å². The molecule has 0 N–H and O–H groups in total. The monoisotopic (exact) mass is 346 g/mol. The maximum atomic E-state index is 12.5. The highest BCUT2D eigenvalue weighted by atomic mass is 79.9. The predicted molar refractivity (Wildman–Crippen MR) is 78.3 cm³/mol. The van der Waals surface area contributed by atoms with Crippen molar-refractivity contribution in [2.45, 2.75) is 43.5 Å². The number of aromatic nitrogens is 1. The van der Waals surface area contributed by atoms with Crippen LogP contribution in [0.3, 0.4) is 0 Å². The highest BCUT2D eigenvalue weighted by Gasteiger charge is 2.30. The van der Waals surface area contributed by atoms with Gasteiger partial charge in [-0.05, 0) is 53.6 Å². The van der Waals surface area contributed by atoms with Crippen molar-refractivity contribution in [2.75, 3.05) is 7.05 Å². The molecule has 0 aliphatic heterocycles. The highest BCUT2D eigenvalue weighted by molar-refractivity contribution is 9.10. The normalized spacial score (nSPS) is 24.6. The minimum Gasteiger partial charge on any atom is -0.262 e. The van der Waals surface area contributed by atoms with E-state index >= 15 is 0 Å². The number of sulfonamides is 1. The zero-order chi connectivity index (χ0) is 14.0. The van der Waals surface area contributed by atoms with Gasteiger partial charge in [0.1, 0.15) is 4.90 Å². The fraction of sp³-hybridized carbons (Fsp3) is 0.615. The summed E-state index contributed by atoms with van der Waals surface area (Å²) >= 11 is 3.26. The molecule has 1 saturated carbocycles. The average Bonchev–Trinajstić information content (AvgIpc) is 2.39. The van der Waals surface area contributed by atoms with E-state index < -0.39 is 10.0 Å². The number of nitrogens with zero attached hydrogens (tertiary/aromatic N) is 2. The van der Waals surface area contributed by atoms with Crippen molar-refractivity contribution in [3.8, 4) is 0 Å². The third-order valence-electron chi connectivity index (χ3n) is 3.86. The van der Waals surface area contributed by atoms with Gasteiger partial charge in [-0.25, -0.2) is 8.42 Å². The van der Waals surface area contributed by atoms with Gasteiger partial charge < -0.3 is 0 Å². The fourth-order valence-electron chi connectivity index (χ4n) is 2.50. The summed E-state index contributed by atoms with van der Waals surface area (Å²) in [6, 6.07) is 1.71. The van der Waals surface area contributed by atoms with E-state index in [0.717, 1.165) is 25.7 Å². The van der Waals surface area contributed by atoms with Crippen LogP contribution in [0.5, 0.6) is 0 Å². The SMILES string of the molecule is CC1CCC(N(C)S(=O)(=O)c2cncc(Br)c2)CC1. The summed E-state index contributed by atoms with van der Waals surface area (Å²) in [7, 11) is -1.76. The fourth-order valence-corrected chi connectivity index (χ4v) is 4.42. The minimum atomic E-state index is -3.44. The first-order valence-corrected chi connectivity index (χ1v) is 8.73. The highest BCUT2D eigenvalue weighted by Crippen LogP contribution is 2.29. The second kappa shape index (κ2) is 5.89. The Bertz CT molecular complexity index is 539. The van der Waals surface area contributed by atoms with E-state index in [1.807, 2.05) is 0 Å². The average molecular weight is 347 g/mol. The standard InChI is InChI=1S/C13H19BrN2O2S/c1-10-3-5-12(6-4-10)16(2)19(17,18)13-7-11(14)8-15-9-13/h7-10,12H,3-6H2,1-2H3. The Morgan fingerprint density at radius 2 is 1.89 bits per heavy atom. The molecule has 2 rings (SSSR count). The molecule has 19 heavy (non-hydrogen) atoms. The lowest BCUT2D eigenvalue weighted by molar-refractivity contribution is 0.246. The van der Waals surface area contributed by atoms with E-state index in [-0.39, 0.29) is 10.9 Å². The van der Waals surface area contributed by atoms with E-state index in [0.29, 0.717) is 10.4 Å². The minimum absolute atomic E-state index is 0.111. The van der Waals surface area contributed by atoms with Gasteiger partial charge >= 0.3 is 0 Å². The van der Waals surface area contributed by atoms with Crippen LogP contribution in [0, 0.1) is 5.92 Å². The van der Waals surface area contributed by atoms with Gasteiger partial charge in [0.2, 0.25) is 10.0 Å². The van der Waals surface area contributed by atoms with E-state index in [1.165, 1.54) is 10.5 Å². The van der Waals surface area contributed by atoms with Gasteiger partial charge in [0.05, 0.1) is 0 Å². The molecule has 106 valence electrons. The number of hydrogen-bond acceptors (Lipinski definition) is 3. The maximum absolute atomic E-state index is 12.5. The Balaban J connectivity index is 2.20. The third-order valence-corrected chi connectivity index (χ3v) is 6.17. The molecule has 1 aromatic rings. The molecule has 0 saturated heterocycles. The largest absolute Gasteiger partial charge is 0.262 e. The van der Waals surface area contributed by atoms with Crippen LogP contribution in [0.2, 0.25) is 0 Å². The van der Waals surface area contributed by atoms with E-state index in [9.17, 15) is 8.42 Å². The predicted octanol–water partition coefficient (Wildman–Crippen LogP) is 3.04. The molecule has 4 nitrogen and oxygen atoms in total. The number of rotatable bonds is 3. The van der Waals surface area contributed by atoms with Gasteiger partial charge in [-0.3, -0.25) is 4.98 Å². The van der Waals surface area contributed by atoms with Crippen LogP contribution in [0.4, 0.5) is 0 Å². The van der Waals surface area contributed by atoms with Gasteiger partial charge in [0, 0.05) is 30.0 Å². The zero-order valence-corrected chi connectivity index (χ0v) is 13.6. The Kier molecular flexibility index (Phi) is 4.63. The molecule has 0 spiro atoms. The topological polar surface area (TPSA) is 50.3 Å². The van der Waals surface area contributed by atoms with Gasteiger partial charge in [-0.1, -0.05) is 6.92 Å². The first-order chi connectivity index (χ1) is 8.91. The molecular formula is C13H19BrN2O2S. The van der Waals surface area contributed by atoms with E-state index in [2.05, 4.69) is 27.8 Å². The number of hydrogen-bond donors (Lipinski definition) is 0. The van der Waals surface area contributed by atoms with Crippen LogP contribution in [-0.4, -0.2) is 30.8 Å². The summed E-state index contributed by atoms with van der Waals surface area (Å²) in [6.45, 7) is 2.23. The van der Waals surface area contributed by atoms with Crippen molar-refractivity contribution in [1.82, 2.24) is 9.29 Å². The maximum Gasteiger partial charge on any atom is 0.244 e. The summed E-state index contributed by atoms with van der Waals surface area (Å²) in [5, 5.41) is 0. The summed E-state index contributed by atoms with van der Waals surface area (Å²) in [4.78, 5) is 4.19. The lowest BCUT2D eigenvalue weighted by Crippen LogP contribution is -2.39. The molecule has 1 aromatic heterocycles. The molecule has 1 heterocycles. The van der Waals surface area contributed by atoms with Crippen molar-refractivity contribution in [3.63, 3.8) is 0 Å². The molecular weight excluding hydrogens is 328 g/mol. The van der Waals surface area contributed by atoms with Gasteiger partial charge in [-0.2, -0.15) is 4.31 Å². The van der Waals surface area contributed by atoms with Crippen LogP contribution in [0.1, 0.15) is 32.6 Å². The van der Waals surface area contributed by atoms with E-state index in [1.54, 1.807) is 19.3 Å². The second-order valence-corrected chi connectivity index (χ2v) is 8.19. The summed E-state index contributed by atoms with van der Waals surface area (Å²) < 4.78 is 27.3. The van der Waals surface area contributed by atoms with Gasteiger partial charge in [0.15, 0.2) is 0 Å². The molecule has 1 aliphatic carbocycles. The van der Waals surface area contributed by atoms with Crippen LogP contribution in [-0.2, 0) is 10.0 Å². The van der Waals surface area contributed by atoms with Crippen molar-refractivity contribution in [3.05, 3.63) is 22.9 Å². The Labute approximate surface area is 123 Å². The Morgan fingerprint density at radius 1 is 1.26 bits per heavy atom. The molecule has 0 aromatic carbocycles. The van der Waals surface area contributed by atoms with Crippen LogP contribution in [0.25, 0.3) is 0 Å². The molecule has 1 fully saturated rings. The number of halogens is 1. The lowest BCUT2D eigenvalue weighted by atomic mass is 9.87. The lowest BCUT2D eigenvalue weighted by Gasteiger charge is -2.32. The van der Waals surface area contributed by atoms with Crippen LogP contribution in [0.15, 0.2) is 27.8 Å². The molecule has 1 aliphatic rings. The summed E-state index contributed by atoms with van der Waals surface area (Å²) in [6.07, 6.45) is 7.07. The van der Waals surface area contributed by atoms with Crippen molar-refractivity contribution in [1.29, 1.82) is 0 Å². The smallest absolute Gasteiger partial charge is 0.244 e. The molecule has 0 amide bonds. The molecule has 6 heteroatoms. The zero-order valence-electron chi connectivity index (χ0n) is 11.2. The summed E-state index contributed by atoms with van der Waals surface area (Å²) in [5.41, 5.74) is 0. The summed E-state index contributed by atoms with van der Waals surface area (Å²) in [5.74, 6) is 0.708. The molecule has 0 bridgehead atoms. The van der Waals surface area contributed by atoms with Crippen LogP contribution >= 0.6 is 15.9 Å². The third kappa shape index (κ3) is 3.35. The molecule has 0 unspecified atom stereocenters. The van der Waals surface area contributed by atoms with Crippen molar-refractivity contribution in [2.24, 2.45) is 5.92 Å². The second-order valence-electron chi connectivity index (χ2n) is 5.27. The first kappa shape index (κ1) is 14.9. The van der Waals surface area contributed by atoms with E-state index in [4.69, 9.17) is 0 Å². The Hall–Kier alpha value is -0.460. The van der Waals surface area contributed by atoms with Crippen LogP contribution < -0.4 is 0 Å².